The molecule has 18 heavy (non-hydrogen) atoms. The molecule has 0 spiro atoms. The molecule has 2 aromatic rings. The van der Waals surface area contributed by atoms with Gasteiger partial charge in [0.25, 0.3) is 0 Å². The predicted octanol–water partition coefficient (Wildman–Crippen LogP) is 3.35. The van der Waals surface area contributed by atoms with Crippen LogP contribution in [-0.2, 0) is 6.54 Å². The van der Waals surface area contributed by atoms with E-state index in [2.05, 4.69) is 46.3 Å². The zero-order valence-electron chi connectivity index (χ0n) is 10.7. The van der Waals surface area contributed by atoms with Crippen LogP contribution in [0.3, 0.4) is 0 Å². The van der Waals surface area contributed by atoms with Gasteiger partial charge in [-0.25, -0.2) is 0 Å². The van der Waals surface area contributed by atoms with Gasteiger partial charge in [-0.3, -0.25) is 4.68 Å². The van der Waals surface area contributed by atoms with Crippen LogP contribution in [0.1, 0.15) is 37.6 Å². The van der Waals surface area contributed by atoms with Crippen molar-refractivity contribution in [3.05, 3.63) is 40.5 Å². The summed E-state index contributed by atoms with van der Waals surface area (Å²) in [4.78, 5) is 0. The number of rotatable bonds is 6. The van der Waals surface area contributed by atoms with Crippen LogP contribution in [0.15, 0.2) is 33.7 Å². The van der Waals surface area contributed by atoms with Gasteiger partial charge in [0.1, 0.15) is 0 Å². The molecule has 0 aliphatic heterocycles. The van der Waals surface area contributed by atoms with E-state index in [1.165, 1.54) is 0 Å². The Kier molecular flexibility index (Phi) is 4.60. The normalized spacial score (nSPS) is 12.8. The van der Waals surface area contributed by atoms with Crippen molar-refractivity contribution in [2.75, 3.05) is 6.54 Å². The maximum Gasteiger partial charge on any atom is 0.174 e. The highest BCUT2D eigenvalue weighted by molar-refractivity contribution is 9.10. The summed E-state index contributed by atoms with van der Waals surface area (Å²) in [5, 5.41) is 7.87. The summed E-state index contributed by atoms with van der Waals surface area (Å²) in [7, 11) is 0. The van der Waals surface area contributed by atoms with Gasteiger partial charge in [-0.05, 0) is 48.0 Å². The second-order valence-electron chi connectivity index (χ2n) is 4.11. The first-order valence-corrected chi connectivity index (χ1v) is 7.05. The zero-order valence-corrected chi connectivity index (χ0v) is 12.3. The Morgan fingerprint density at radius 3 is 2.89 bits per heavy atom. The summed E-state index contributed by atoms with van der Waals surface area (Å²) < 4.78 is 8.13. The monoisotopic (exact) mass is 311 g/mol. The summed E-state index contributed by atoms with van der Waals surface area (Å²) in [5.74, 6) is 0. The molecule has 98 valence electrons. The highest BCUT2D eigenvalue weighted by atomic mass is 79.9. The molecule has 0 radical (unpaired) electrons. The van der Waals surface area contributed by atoms with Gasteiger partial charge < -0.3 is 9.73 Å². The maximum atomic E-state index is 5.34. The van der Waals surface area contributed by atoms with Crippen LogP contribution in [-0.4, -0.2) is 16.3 Å². The van der Waals surface area contributed by atoms with Gasteiger partial charge in [0.15, 0.2) is 4.67 Å². The van der Waals surface area contributed by atoms with Crippen molar-refractivity contribution in [3.8, 4) is 0 Å². The highest BCUT2D eigenvalue weighted by Gasteiger charge is 2.21. The van der Waals surface area contributed by atoms with Crippen LogP contribution in [0.4, 0.5) is 0 Å². The lowest BCUT2D eigenvalue weighted by Crippen LogP contribution is -2.25. The molecule has 0 bridgehead atoms. The van der Waals surface area contributed by atoms with Gasteiger partial charge in [-0.15, -0.1) is 0 Å². The lowest BCUT2D eigenvalue weighted by molar-refractivity contribution is 0.504. The van der Waals surface area contributed by atoms with E-state index in [1.807, 2.05) is 16.9 Å². The molecule has 1 unspecified atom stereocenters. The Hall–Kier alpha value is -1.07. The van der Waals surface area contributed by atoms with Crippen LogP contribution < -0.4 is 5.32 Å². The van der Waals surface area contributed by atoms with Crippen LogP contribution in [0.2, 0.25) is 0 Å². The van der Waals surface area contributed by atoms with Gasteiger partial charge in [0.2, 0.25) is 0 Å². The van der Waals surface area contributed by atoms with Crippen molar-refractivity contribution >= 4 is 15.9 Å². The van der Waals surface area contributed by atoms with Crippen molar-refractivity contribution in [2.24, 2.45) is 0 Å². The Labute approximate surface area is 115 Å². The van der Waals surface area contributed by atoms with Crippen molar-refractivity contribution in [1.29, 1.82) is 0 Å². The van der Waals surface area contributed by atoms with E-state index < -0.39 is 0 Å². The molecule has 0 aliphatic carbocycles. The molecule has 0 fully saturated rings. The number of aromatic nitrogens is 2. The maximum absolute atomic E-state index is 5.34. The molecule has 2 aromatic heterocycles. The van der Waals surface area contributed by atoms with Crippen LogP contribution in [0, 0.1) is 0 Å². The Morgan fingerprint density at radius 2 is 2.28 bits per heavy atom. The minimum Gasteiger partial charge on any atom is -0.457 e. The Balaban J connectivity index is 2.34. The number of hydrogen-bond donors (Lipinski definition) is 1. The Bertz CT molecular complexity index is 492. The lowest BCUT2D eigenvalue weighted by atomic mass is 10.1. The van der Waals surface area contributed by atoms with E-state index >= 15 is 0 Å². The van der Waals surface area contributed by atoms with Crippen LogP contribution in [0.25, 0.3) is 0 Å². The van der Waals surface area contributed by atoms with Crippen molar-refractivity contribution in [2.45, 2.75) is 32.9 Å². The fraction of sp³-hybridized carbons (Fsp3) is 0.462. The molecule has 0 saturated carbocycles. The first-order chi connectivity index (χ1) is 8.77. The van der Waals surface area contributed by atoms with Crippen molar-refractivity contribution < 1.29 is 4.42 Å². The summed E-state index contributed by atoms with van der Waals surface area (Å²) in [6, 6.07) is 4.15. The number of hydrogen-bond acceptors (Lipinski definition) is 3. The number of aryl methyl sites for hydroxylation is 1. The molecule has 4 nitrogen and oxygen atoms in total. The molecule has 5 heteroatoms. The number of nitrogens with zero attached hydrogens (tertiary/aromatic N) is 2. The summed E-state index contributed by atoms with van der Waals surface area (Å²) in [5.41, 5.74) is 2.27. The minimum atomic E-state index is 0.112. The summed E-state index contributed by atoms with van der Waals surface area (Å²) in [6.45, 7) is 6.07. The molecule has 0 aliphatic rings. The van der Waals surface area contributed by atoms with E-state index in [0.29, 0.717) is 0 Å². The molecule has 0 saturated heterocycles. The van der Waals surface area contributed by atoms with Gasteiger partial charge in [0.05, 0.1) is 18.0 Å². The third-order valence-electron chi connectivity index (χ3n) is 2.90. The quantitative estimate of drug-likeness (QED) is 0.889. The van der Waals surface area contributed by atoms with E-state index in [-0.39, 0.29) is 6.04 Å². The lowest BCUT2D eigenvalue weighted by Gasteiger charge is -2.18. The second-order valence-corrected chi connectivity index (χ2v) is 4.83. The van der Waals surface area contributed by atoms with E-state index in [4.69, 9.17) is 4.42 Å². The molecular formula is C13H18BrN3O. The van der Waals surface area contributed by atoms with Crippen molar-refractivity contribution in [1.82, 2.24) is 15.1 Å². The first-order valence-electron chi connectivity index (χ1n) is 6.25. The van der Waals surface area contributed by atoms with Gasteiger partial charge >= 0.3 is 0 Å². The second kappa shape index (κ2) is 6.20. The van der Waals surface area contributed by atoms with Gasteiger partial charge in [-0.2, -0.15) is 5.10 Å². The molecule has 0 amide bonds. The molecule has 2 rings (SSSR count). The van der Waals surface area contributed by atoms with Crippen LogP contribution in [0.5, 0.6) is 0 Å². The largest absolute Gasteiger partial charge is 0.457 e. The minimum absolute atomic E-state index is 0.112. The third-order valence-corrected chi connectivity index (χ3v) is 3.54. The van der Waals surface area contributed by atoms with Crippen LogP contribution >= 0.6 is 15.9 Å². The number of furan rings is 1. The summed E-state index contributed by atoms with van der Waals surface area (Å²) >= 11 is 3.45. The molecule has 0 aromatic carbocycles. The van der Waals surface area contributed by atoms with Gasteiger partial charge in [0, 0.05) is 18.3 Å². The summed E-state index contributed by atoms with van der Waals surface area (Å²) in [6.07, 6.45) is 4.63. The molecule has 1 N–H and O–H groups in total. The predicted molar refractivity (Wildman–Crippen MR) is 74.4 cm³/mol. The molecular weight excluding hydrogens is 294 g/mol. The van der Waals surface area contributed by atoms with Gasteiger partial charge in [-0.1, -0.05) is 6.92 Å². The Morgan fingerprint density at radius 1 is 1.44 bits per heavy atom. The standard InChI is InChI=1S/C13H18BrN3O/c1-3-7-15-12(10-6-9-18-13(10)14)11-5-8-16-17(11)4-2/h5-6,8-9,12,15H,3-4,7H2,1-2H3. The average molecular weight is 312 g/mol. The van der Waals surface area contributed by atoms with E-state index in [1.54, 1.807) is 6.26 Å². The van der Waals surface area contributed by atoms with Crippen molar-refractivity contribution in [3.63, 3.8) is 0 Å². The smallest absolute Gasteiger partial charge is 0.174 e. The SMILES string of the molecule is CCCNC(c1ccoc1Br)c1ccnn1CC. The number of nitrogens with one attached hydrogen (secondary N) is 1. The third kappa shape index (κ3) is 2.67. The fourth-order valence-corrected chi connectivity index (χ4v) is 2.49. The van der Waals surface area contributed by atoms with E-state index in [0.717, 1.165) is 35.4 Å². The topological polar surface area (TPSA) is 43.0 Å². The number of halogens is 1. The fourth-order valence-electron chi connectivity index (χ4n) is 2.03. The zero-order chi connectivity index (χ0) is 13.0. The first kappa shape index (κ1) is 13.4. The van der Waals surface area contributed by atoms with E-state index in [9.17, 15) is 0 Å². The molecule has 2 heterocycles. The highest BCUT2D eigenvalue weighted by Crippen LogP contribution is 2.29. The molecule has 1 atom stereocenters. The average Bonchev–Trinajstić information content (AvgIpc) is 2.99.